The Morgan fingerprint density at radius 1 is 1.09 bits per heavy atom. The first kappa shape index (κ1) is 22.9. The fourth-order valence-electron chi connectivity index (χ4n) is 3.58. The first-order chi connectivity index (χ1) is 16.8. The third kappa shape index (κ3) is 4.83. The largest absolute Gasteiger partial charge is 0.453 e. The monoisotopic (exact) mass is 490 g/mol. The van der Waals surface area contributed by atoms with Crippen LogP contribution in [0.3, 0.4) is 0 Å². The zero-order chi connectivity index (χ0) is 24.6. The van der Waals surface area contributed by atoms with Crippen molar-refractivity contribution in [1.82, 2.24) is 19.5 Å². The number of ether oxygens (including phenoxy) is 1. The summed E-state index contributed by atoms with van der Waals surface area (Å²) in [5.74, 6) is 1.20. The van der Waals surface area contributed by atoms with Crippen molar-refractivity contribution in [3.63, 3.8) is 0 Å². The van der Waals surface area contributed by atoms with Gasteiger partial charge in [-0.05, 0) is 50.2 Å². The lowest BCUT2D eigenvalue weighted by molar-refractivity contribution is 0.479. The van der Waals surface area contributed by atoms with E-state index in [9.17, 15) is 9.18 Å². The van der Waals surface area contributed by atoms with E-state index in [1.54, 1.807) is 55.5 Å². The number of hydrogen-bond donors (Lipinski definition) is 2. The van der Waals surface area contributed by atoms with Gasteiger partial charge < -0.3 is 15.4 Å². The highest BCUT2D eigenvalue weighted by molar-refractivity contribution is 8.00. The van der Waals surface area contributed by atoms with E-state index in [1.807, 2.05) is 6.07 Å². The van der Waals surface area contributed by atoms with Crippen LogP contribution in [-0.4, -0.2) is 30.8 Å². The number of fused-ring (bicyclic) bond motifs is 1. The summed E-state index contributed by atoms with van der Waals surface area (Å²) >= 11 is 1.71. The van der Waals surface area contributed by atoms with E-state index in [0.717, 1.165) is 17.3 Å². The van der Waals surface area contributed by atoms with Crippen LogP contribution in [0.15, 0.2) is 70.9 Å². The second-order valence-corrected chi connectivity index (χ2v) is 10.4. The molecule has 0 atom stereocenters. The van der Waals surface area contributed by atoms with E-state index in [1.165, 1.54) is 22.9 Å². The molecule has 0 saturated heterocycles. The van der Waals surface area contributed by atoms with Gasteiger partial charge in [0.15, 0.2) is 5.75 Å². The summed E-state index contributed by atoms with van der Waals surface area (Å²) in [6.45, 7) is 5.12. The number of thioether (sulfide) groups is 1. The lowest BCUT2D eigenvalue weighted by Crippen LogP contribution is -2.30. The number of nitrogens with one attached hydrogen (secondary N) is 2. The molecule has 0 spiro atoms. The van der Waals surface area contributed by atoms with E-state index >= 15 is 0 Å². The molecule has 1 aromatic carbocycles. The molecule has 35 heavy (non-hydrogen) atoms. The summed E-state index contributed by atoms with van der Waals surface area (Å²) in [4.78, 5) is 26.2. The molecule has 1 aliphatic rings. The van der Waals surface area contributed by atoms with Crippen LogP contribution in [0, 0.1) is 5.82 Å². The average Bonchev–Trinajstić information content (AvgIpc) is 2.83. The van der Waals surface area contributed by atoms with Crippen LogP contribution in [0.2, 0.25) is 0 Å². The molecule has 8 nitrogen and oxygen atoms in total. The Morgan fingerprint density at radius 3 is 2.63 bits per heavy atom. The van der Waals surface area contributed by atoms with Gasteiger partial charge in [-0.25, -0.2) is 14.4 Å². The number of anilines is 3. The van der Waals surface area contributed by atoms with E-state index < -0.39 is 0 Å². The molecule has 1 aliphatic heterocycles. The normalized spacial score (nSPS) is 14.1. The molecular weight excluding hydrogens is 467 g/mol. The molecule has 10 heteroatoms. The first-order valence-electron chi connectivity index (χ1n) is 10.9. The first-order valence-corrected chi connectivity index (χ1v) is 11.8. The smallest absolute Gasteiger partial charge is 0.264 e. The average molecular weight is 491 g/mol. The zero-order valence-corrected chi connectivity index (χ0v) is 20.2. The molecule has 178 valence electrons. The third-order valence-corrected chi connectivity index (χ3v) is 6.65. The molecule has 0 bridgehead atoms. The highest BCUT2D eigenvalue weighted by atomic mass is 32.2. The second kappa shape index (κ2) is 9.03. The maximum absolute atomic E-state index is 13.1. The quantitative estimate of drug-likeness (QED) is 0.394. The van der Waals surface area contributed by atoms with Crippen LogP contribution in [-0.2, 0) is 7.05 Å². The van der Waals surface area contributed by atoms with Gasteiger partial charge in [-0.15, -0.1) is 0 Å². The molecule has 2 N–H and O–H groups in total. The zero-order valence-electron chi connectivity index (χ0n) is 19.4. The number of pyridine rings is 2. The van der Waals surface area contributed by atoms with Gasteiger partial charge in [-0.1, -0.05) is 11.8 Å². The van der Waals surface area contributed by atoms with Gasteiger partial charge in [0.05, 0.1) is 17.5 Å². The number of hydrogen-bond acceptors (Lipinski definition) is 8. The van der Waals surface area contributed by atoms with E-state index in [2.05, 4.69) is 39.4 Å². The fourth-order valence-corrected chi connectivity index (χ4v) is 4.63. The summed E-state index contributed by atoms with van der Waals surface area (Å²) in [5.41, 5.74) is 2.05. The highest BCUT2D eigenvalue weighted by Crippen LogP contribution is 2.44. The van der Waals surface area contributed by atoms with Crippen molar-refractivity contribution >= 4 is 29.1 Å². The predicted molar refractivity (Wildman–Crippen MR) is 135 cm³/mol. The molecule has 0 amide bonds. The number of nitrogens with zero attached hydrogens (tertiary/aromatic N) is 4. The Labute approximate surface area is 205 Å². The van der Waals surface area contributed by atoms with Crippen LogP contribution >= 0.6 is 11.8 Å². The molecule has 4 heterocycles. The number of rotatable bonds is 5. The third-order valence-electron chi connectivity index (χ3n) is 5.45. The Morgan fingerprint density at radius 2 is 1.89 bits per heavy atom. The van der Waals surface area contributed by atoms with Crippen molar-refractivity contribution in [3.05, 3.63) is 77.2 Å². The van der Waals surface area contributed by atoms with Gasteiger partial charge in [0, 0.05) is 42.5 Å². The Hall–Kier alpha value is -3.92. The standard InChI is InChI=1S/C25H23FN6O2S/c1-25(2)14-30-21-20(10-11-27-22(21)35-25)34-17-8-9-19(28-12-17)18-13-29-24(32(3)23(18)33)31-16-6-4-15(26)5-7-16/h4-13,30H,14H2,1-3H3,(H,29,31). The molecule has 4 aromatic rings. The highest BCUT2D eigenvalue weighted by Gasteiger charge is 2.29. The number of benzene rings is 1. The van der Waals surface area contributed by atoms with Crippen molar-refractivity contribution in [2.24, 2.45) is 7.05 Å². The van der Waals surface area contributed by atoms with Crippen molar-refractivity contribution in [3.8, 4) is 22.8 Å². The van der Waals surface area contributed by atoms with Crippen LogP contribution in [0.4, 0.5) is 21.7 Å². The topological polar surface area (TPSA) is 94.0 Å². The van der Waals surface area contributed by atoms with Crippen LogP contribution in [0.1, 0.15) is 13.8 Å². The van der Waals surface area contributed by atoms with Crippen molar-refractivity contribution in [1.29, 1.82) is 0 Å². The van der Waals surface area contributed by atoms with E-state index in [4.69, 9.17) is 4.74 Å². The molecule has 0 aliphatic carbocycles. The number of halogens is 1. The molecule has 3 aromatic heterocycles. The summed E-state index contributed by atoms with van der Waals surface area (Å²) in [6, 6.07) is 11.1. The maximum Gasteiger partial charge on any atom is 0.264 e. The summed E-state index contributed by atoms with van der Waals surface area (Å²) in [5, 5.41) is 7.33. The Bertz CT molecular complexity index is 1440. The molecule has 5 rings (SSSR count). The minimum atomic E-state index is -0.339. The Balaban J connectivity index is 1.35. The maximum atomic E-state index is 13.1. The van der Waals surface area contributed by atoms with Crippen molar-refractivity contribution in [2.75, 3.05) is 17.2 Å². The van der Waals surface area contributed by atoms with Crippen LogP contribution in [0.5, 0.6) is 11.5 Å². The van der Waals surface area contributed by atoms with Gasteiger partial charge in [-0.2, -0.15) is 0 Å². The van der Waals surface area contributed by atoms with E-state index in [0.29, 0.717) is 34.4 Å². The fraction of sp³-hybridized carbons (Fsp3) is 0.200. The van der Waals surface area contributed by atoms with Crippen molar-refractivity contribution < 1.29 is 9.13 Å². The lowest BCUT2D eigenvalue weighted by atomic mass is 10.2. The van der Waals surface area contributed by atoms with Crippen LogP contribution < -0.4 is 20.9 Å². The predicted octanol–water partition coefficient (Wildman–Crippen LogP) is 5.21. The lowest BCUT2D eigenvalue weighted by Gasteiger charge is -2.31. The molecule has 0 saturated carbocycles. The SMILES string of the molecule is Cn1c(Nc2ccc(F)cc2)ncc(-c2ccc(Oc3ccnc4c3NCC(C)(C)S4)cn2)c1=O. The van der Waals surface area contributed by atoms with Gasteiger partial charge in [0.25, 0.3) is 5.56 Å². The van der Waals surface area contributed by atoms with Gasteiger partial charge >= 0.3 is 0 Å². The second-order valence-electron chi connectivity index (χ2n) is 8.68. The molecule has 0 radical (unpaired) electrons. The van der Waals surface area contributed by atoms with E-state index in [-0.39, 0.29) is 16.1 Å². The summed E-state index contributed by atoms with van der Waals surface area (Å²) in [7, 11) is 1.61. The summed E-state index contributed by atoms with van der Waals surface area (Å²) in [6.07, 6.45) is 4.77. The number of aromatic nitrogens is 4. The van der Waals surface area contributed by atoms with Gasteiger partial charge in [0.2, 0.25) is 5.95 Å². The van der Waals surface area contributed by atoms with Crippen LogP contribution in [0.25, 0.3) is 11.3 Å². The molecule has 0 unspecified atom stereocenters. The summed E-state index contributed by atoms with van der Waals surface area (Å²) < 4.78 is 20.6. The van der Waals surface area contributed by atoms with Gasteiger partial charge in [-0.3, -0.25) is 14.3 Å². The minimum absolute atomic E-state index is 0.0477. The van der Waals surface area contributed by atoms with Gasteiger partial charge in [0.1, 0.15) is 22.3 Å². The molecule has 0 fully saturated rings. The van der Waals surface area contributed by atoms with Crippen molar-refractivity contribution in [2.45, 2.75) is 23.6 Å². The minimum Gasteiger partial charge on any atom is -0.453 e. The Kier molecular flexibility index (Phi) is 5.89. The molecular formula is C25H23FN6O2S.